The molecule has 2 aromatic carbocycles. The molecular formula is C53H90N4O7. The number of amides is 2. The van der Waals surface area contributed by atoms with Gasteiger partial charge in [-0.3, -0.25) is 24.3 Å². The number of carboxylic acids is 1. The van der Waals surface area contributed by atoms with Crippen molar-refractivity contribution >= 4 is 29.3 Å². The Labute approximate surface area is 389 Å². The number of hydrogen-bond acceptors (Lipinski definition) is 8. The van der Waals surface area contributed by atoms with Gasteiger partial charge in [0, 0.05) is 13.0 Å². The third-order valence-corrected chi connectivity index (χ3v) is 11.4. The van der Waals surface area contributed by atoms with E-state index in [4.69, 9.17) is 14.4 Å². The first-order valence-corrected chi connectivity index (χ1v) is 25.5. The maximum Gasteiger partial charge on any atom is 0.408 e. The summed E-state index contributed by atoms with van der Waals surface area (Å²) in [7, 11) is 0. The lowest BCUT2D eigenvalue weighted by atomic mass is 10.1. The maximum absolute atomic E-state index is 13.9. The zero-order valence-electron chi connectivity index (χ0n) is 40.9. The van der Waals surface area contributed by atoms with Crippen LogP contribution in [0.15, 0.2) is 60.7 Å². The van der Waals surface area contributed by atoms with Crippen LogP contribution in [0, 0.1) is 0 Å². The molecule has 2 aromatic rings. The van der Waals surface area contributed by atoms with Gasteiger partial charge < -0.3 is 20.5 Å². The molecule has 0 spiro atoms. The lowest BCUT2D eigenvalue weighted by molar-refractivity contribution is -0.137. The average molecular weight is 895 g/mol. The minimum Gasteiger partial charge on any atom is -0.481 e. The highest BCUT2D eigenvalue weighted by atomic mass is 16.7. The number of aliphatic carboxylic acids is 1. The Kier molecular flexibility index (Phi) is 32.0. The van der Waals surface area contributed by atoms with Gasteiger partial charge in [0.1, 0.15) is 11.6 Å². The number of carbonyl (C=O) groups is 3. The summed E-state index contributed by atoms with van der Waals surface area (Å²) in [5.41, 5.74) is 0.930. The summed E-state index contributed by atoms with van der Waals surface area (Å²) in [6.45, 7) is 11.2. The van der Waals surface area contributed by atoms with Crippen molar-refractivity contribution in [3.63, 3.8) is 0 Å². The summed E-state index contributed by atoms with van der Waals surface area (Å²) in [5, 5.41) is 18.9. The van der Waals surface area contributed by atoms with Gasteiger partial charge in [-0.2, -0.15) is 0 Å². The largest absolute Gasteiger partial charge is 0.481 e. The van der Waals surface area contributed by atoms with E-state index in [-0.39, 0.29) is 19.4 Å². The minimum atomic E-state index is -1.12. The van der Waals surface area contributed by atoms with Crippen LogP contribution in [0.2, 0.25) is 0 Å². The molecule has 11 heteroatoms. The van der Waals surface area contributed by atoms with Crippen molar-refractivity contribution in [3.05, 3.63) is 60.7 Å². The van der Waals surface area contributed by atoms with Crippen molar-refractivity contribution in [2.75, 3.05) is 36.4 Å². The molecule has 0 aliphatic heterocycles. The van der Waals surface area contributed by atoms with Crippen LogP contribution < -0.4 is 20.8 Å². The number of carbonyl (C=O) groups excluding carboxylic acids is 2. The molecule has 2 amide bonds. The van der Waals surface area contributed by atoms with Crippen LogP contribution in [0.25, 0.3) is 0 Å². The topological polar surface area (TPSA) is 130 Å². The summed E-state index contributed by atoms with van der Waals surface area (Å²) in [4.78, 5) is 51.5. The summed E-state index contributed by atoms with van der Waals surface area (Å²) < 4.78 is 5.43. The van der Waals surface area contributed by atoms with Gasteiger partial charge in [-0.25, -0.2) is 9.86 Å². The third-order valence-electron chi connectivity index (χ3n) is 11.4. The number of hydrogen-bond donors (Lipinski definition) is 3. The second-order valence-electron chi connectivity index (χ2n) is 18.5. The summed E-state index contributed by atoms with van der Waals surface area (Å²) in [6.07, 6.45) is 28.9. The molecule has 64 heavy (non-hydrogen) atoms. The zero-order chi connectivity index (χ0) is 46.5. The molecule has 0 fully saturated rings. The molecule has 11 nitrogen and oxygen atoms in total. The summed E-state index contributed by atoms with van der Waals surface area (Å²) in [6, 6.07) is 18.3. The van der Waals surface area contributed by atoms with Crippen LogP contribution in [-0.2, 0) is 24.0 Å². The van der Waals surface area contributed by atoms with Gasteiger partial charge in [-0.05, 0) is 64.3 Å². The van der Waals surface area contributed by atoms with Crippen molar-refractivity contribution < 1.29 is 33.9 Å². The van der Waals surface area contributed by atoms with Crippen molar-refractivity contribution in [3.8, 4) is 0 Å². The second-order valence-corrected chi connectivity index (χ2v) is 18.5. The Hall–Kier alpha value is -3.83. The molecule has 0 aromatic heterocycles. The zero-order valence-corrected chi connectivity index (χ0v) is 40.9. The van der Waals surface area contributed by atoms with Crippen molar-refractivity contribution in [1.82, 2.24) is 10.6 Å². The lowest BCUT2D eigenvalue weighted by Crippen LogP contribution is -2.54. The molecule has 0 radical (unpaired) electrons. The van der Waals surface area contributed by atoms with Gasteiger partial charge in [-0.15, -0.1) is 0 Å². The van der Waals surface area contributed by atoms with Crippen LogP contribution >= 0.6 is 0 Å². The third kappa shape index (κ3) is 28.9. The van der Waals surface area contributed by atoms with Crippen LogP contribution in [0.3, 0.4) is 0 Å². The Morgan fingerprint density at radius 3 is 1.45 bits per heavy atom. The van der Waals surface area contributed by atoms with E-state index in [1.54, 1.807) is 20.8 Å². The van der Waals surface area contributed by atoms with E-state index in [1.807, 2.05) is 70.8 Å². The second kappa shape index (κ2) is 36.4. The standard InChI is InChI=1S/C53H90N4O7/c1-6-8-10-12-14-16-18-20-22-24-26-34-42-62-56(46-36-30-28-31-37-46)45-48(44-54-51(60)49(40-41-50(58)59)55-52(61)64-53(3,4)5)57(47-38-32-29-33-39-47)63-43-35-27-25-23-21-19-17-15-13-11-9-7-2/h28-33,36-39,48-49H,6-27,34-35,40-45H2,1-5H3,(H,54,60)(H,55,61)(H,58,59)/t48?,49-/m0/s1. The number of hydroxylamine groups is 2. The average Bonchev–Trinajstić information content (AvgIpc) is 3.27. The predicted octanol–water partition coefficient (Wildman–Crippen LogP) is 13.5. The number of nitrogens with one attached hydrogen (secondary N) is 2. The summed E-state index contributed by atoms with van der Waals surface area (Å²) in [5.74, 6) is -1.57. The fraction of sp³-hybridized carbons (Fsp3) is 0.717. The first kappa shape index (κ1) is 56.3. The van der Waals surface area contributed by atoms with Gasteiger partial charge in [-0.1, -0.05) is 192 Å². The van der Waals surface area contributed by atoms with Crippen LogP contribution in [-0.4, -0.2) is 67.1 Å². The Bertz CT molecular complexity index is 1440. The number of alkyl carbamates (subject to hydrolysis) is 1. The normalized spacial score (nSPS) is 12.4. The van der Waals surface area contributed by atoms with Gasteiger partial charge in [0.15, 0.2) is 0 Å². The van der Waals surface area contributed by atoms with Crippen LogP contribution in [0.5, 0.6) is 0 Å². The maximum atomic E-state index is 13.9. The fourth-order valence-electron chi connectivity index (χ4n) is 7.76. The monoisotopic (exact) mass is 895 g/mol. The number of carboxylic acid groups (broad SMARTS) is 1. The number of anilines is 2. The molecule has 2 atom stereocenters. The van der Waals surface area contributed by atoms with E-state index in [0.29, 0.717) is 19.8 Å². The van der Waals surface area contributed by atoms with Gasteiger partial charge in [0.05, 0.1) is 37.2 Å². The van der Waals surface area contributed by atoms with Gasteiger partial charge in [0.2, 0.25) is 5.91 Å². The minimum absolute atomic E-state index is 0.0960. The number of para-hydroxylation sites is 2. The highest BCUT2D eigenvalue weighted by Crippen LogP contribution is 2.23. The first-order valence-electron chi connectivity index (χ1n) is 25.5. The van der Waals surface area contributed by atoms with E-state index in [2.05, 4.69) is 24.5 Å². The number of benzene rings is 2. The van der Waals surface area contributed by atoms with E-state index in [1.165, 1.54) is 128 Å². The number of unbranched alkanes of at least 4 members (excludes halogenated alkanes) is 22. The molecule has 0 saturated heterocycles. The van der Waals surface area contributed by atoms with Crippen LogP contribution in [0.4, 0.5) is 16.2 Å². The number of rotatable bonds is 40. The number of nitrogens with zero attached hydrogens (tertiary/aromatic N) is 2. The van der Waals surface area contributed by atoms with E-state index < -0.39 is 35.7 Å². The van der Waals surface area contributed by atoms with Crippen molar-refractivity contribution in [2.45, 2.75) is 219 Å². The predicted molar refractivity (Wildman–Crippen MR) is 264 cm³/mol. The lowest BCUT2D eigenvalue weighted by Gasteiger charge is -2.36. The van der Waals surface area contributed by atoms with Crippen molar-refractivity contribution in [2.24, 2.45) is 0 Å². The first-order chi connectivity index (χ1) is 31.0. The highest BCUT2D eigenvalue weighted by Gasteiger charge is 2.29. The molecule has 0 aliphatic carbocycles. The fourth-order valence-corrected chi connectivity index (χ4v) is 7.76. The highest BCUT2D eigenvalue weighted by molar-refractivity contribution is 5.86. The Morgan fingerprint density at radius 2 is 1.02 bits per heavy atom. The molecule has 3 N–H and O–H groups in total. The quantitative estimate of drug-likeness (QED) is 0.0442. The molecule has 364 valence electrons. The molecule has 0 saturated carbocycles. The molecule has 2 rings (SSSR count). The Balaban J connectivity index is 2.19. The molecule has 0 bridgehead atoms. The molecule has 0 heterocycles. The molecule has 0 aliphatic rings. The number of ether oxygens (including phenoxy) is 1. The smallest absolute Gasteiger partial charge is 0.408 e. The van der Waals surface area contributed by atoms with Crippen LogP contribution in [0.1, 0.15) is 202 Å². The van der Waals surface area contributed by atoms with Gasteiger partial charge in [0.25, 0.3) is 0 Å². The van der Waals surface area contributed by atoms with E-state index in [9.17, 15) is 19.5 Å². The Morgan fingerprint density at radius 1 is 0.594 bits per heavy atom. The van der Waals surface area contributed by atoms with E-state index in [0.717, 1.165) is 37.1 Å². The molecule has 1 unspecified atom stereocenters. The van der Waals surface area contributed by atoms with Gasteiger partial charge >= 0.3 is 12.1 Å². The van der Waals surface area contributed by atoms with Crippen molar-refractivity contribution in [1.29, 1.82) is 0 Å². The SMILES string of the molecule is CCCCCCCCCCCCCCON(CC(CNC(=O)[C@H](CCC(=O)O)NC(=O)OC(C)(C)C)N(OCCCCCCCCCCCCCC)c1ccccc1)c1ccccc1. The summed E-state index contributed by atoms with van der Waals surface area (Å²) >= 11 is 0. The van der Waals surface area contributed by atoms with E-state index >= 15 is 0 Å². The molecular weight excluding hydrogens is 805 g/mol.